The van der Waals surface area contributed by atoms with E-state index in [0.717, 1.165) is 29.1 Å². The number of carbonyl (C=O) groups excluding carboxylic acids is 1. The lowest BCUT2D eigenvalue weighted by atomic mass is 9.74. The first-order valence-electron chi connectivity index (χ1n) is 6.18. The maximum Gasteiger partial charge on any atom is 0.315 e. The van der Waals surface area contributed by atoms with Crippen molar-refractivity contribution in [2.24, 2.45) is 0 Å². The Hall–Kier alpha value is -1.63. The van der Waals surface area contributed by atoms with Crippen molar-refractivity contribution < 1.29 is 14.7 Å². The van der Waals surface area contributed by atoms with E-state index < -0.39 is 11.5 Å². The molecule has 2 rings (SSSR count). The van der Waals surface area contributed by atoms with Crippen LogP contribution in [0.5, 0.6) is 0 Å². The fraction of sp³-hybridized carbons (Fsp3) is 0.583. The van der Waals surface area contributed by atoms with Crippen molar-refractivity contribution in [3.8, 4) is 0 Å². The molecule has 1 aliphatic carbocycles. The van der Waals surface area contributed by atoms with Gasteiger partial charge < -0.3 is 15.7 Å². The number of nitrogens with zero attached hydrogens (tertiary/aromatic N) is 1. The van der Waals surface area contributed by atoms with E-state index in [9.17, 15) is 9.59 Å². The first kappa shape index (κ1) is 13.8. The van der Waals surface area contributed by atoms with E-state index in [1.54, 1.807) is 6.20 Å². The van der Waals surface area contributed by atoms with Gasteiger partial charge in [0.15, 0.2) is 0 Å². The van der Waals surface area contributed by atoms with Crippen LogP contribution in [0.3, 0.4) is 0 Å². The van der Waals surface area contributed by atoms with Gasteiger partial charge in [0.25, 0.3) is 0 Å². The predicted octanol–water partition coefficient (Wildman–Crippen LogP) is 1.65. The van der Waals surface area contributed by atoms with Gasteiger partial charge in [-0.3, -0.25) is 4.79 Å². The molecule has 0 spiro atoms. The average Bonchev–Trinajstić information content (AvgIpc) is 2.69. The molecule has 1 saturated carbocycles. The maximum absolute atomic E-state index is 11.8. The average molecular weight is 283 g/mol. The molecule has 19 heavy (non-hydrogen) atoms. The summed E-state index contributed by atoms with van der Waals surface area (Å²) in [6, 6.07) is -0.313. The van der Waals surface area contributed by atoms with Crippen molar-refractivity contribution in [1.82, 2.24) is 15.6 Å². The van der Waals surface area contributed by atoms with Crippen LogP contribution in [-0.4, -0.2) is 27.6 Å². The van der Waals surface area contributed by atoms with Gasteiger partial charge in [0.05, 0.1) is 23.5 Å². The van der Waals surface area contributed by atoms with E-state index in [2.05, 4.69) is 15.6 Å². The number of hydrogen-bond donors (Lipinski definition) is 3. The number of nitrogens with one attached hydrogen (secondary N) is 2. The van der Waals surface area contributed by atoms with Crippen LogP contribution in [0.15, 0.2) is 6.20 Å². The highest BCUT2D eigenvalue weighted by atomic mass is 32.1. The molecular weight excluding hydrogens is 266 g/mol. The Balaban J connectivity index is 1.81. The predicted molar refractivity (Wildman–Crippen MR) is 71.1 cm³/mol. The van der Waals surface area contributed by atoms with Crippen LogP contribution in [-0.2, 0) is 11.3 Å². The molecule has 2 amide bonds. The van der Waals surface area contributed by atoms with Crippen LogP contribution in [0.25, 0.3) is 0 Å². The van der Waals surface area contributed by atoms with Crippen molar-refractivity contribution in [3.05, 3.63) is 16.1 Å². The van der Waals surface area contributed by atoms with Crippen LogP contribution < -0.4 is 10.6 Å². The Morgan fingerprint density at radius 2 is 2.26 bits per heavy atom. The minimum Gasteiger partial charge on any atom is -0.481 e. The molecule has 104 valence electrons. The fourth-order valence-electron chi connectivity index (χ4n) is 2.18. The second-order valence-electron chi connectivity index (χ2n) is 4.86. The van der Waals surface area contributed by atoms with Crippen LogP contribution in [0.4, 0.5) is 4.79 Å². The first-order valence-corrected chi connectivity index (χ1v) is 7.00. The summed E-state index contributed by atoms with van der Waals surface area (Å²) < 4.78 is 0. The number of urea groups is 1. The summed E-state index contributed by atoms with van der Waals surface area (Å²) >= 11 is 1.53. The molecule has 0 radical (unpaired) electrons. The molecule has 0 aliphatic heterocycles. The van der Waals surface area contributed by atoms with Gasteiger partial charge in [-0.25, -0.2) is 9.78 Å². The summed E-state index contributed by atoms with van der Waals surface area (Å²) in [6.45, 7) is 2.32. The number of hydrogen-bond acceptors (Lipinski definition) is 4. The fourth-order valence-corrected chi connectivity index (χ4v) is 2.91. The normalized spacial score (nSPS) is 16.5. The van der Waals surface area contributed by atoms with Crippen molar-refractivity contribution in [1.29, 1.82) is 0 Å². The van der Waals surface area contributed by atoms with Crippen molar-refractivity contribution >= 4 is 23.3 Å². The molecule has 1 aromatic rings. The SMILES string of the molecule is Cc1ncc(CNC(=O)NC2(CC(=O)O)CCC2)s1. The summed E-state index contributed by atoms with van der Waals surface area (Å²) in [6.07, 6.45) is 4.14. The lowest BCUT2D eigenvalue weighted by Gasteiger charge is -2.41. The van der Waals surface area contributed by atoms with Crippen LogP contribution in [0, 0.1) is 6.92 Å². The largest absolute Gasteiger partial charge is 0.481 e. The van der Waals surface area contributed by atoms with Gasteiger partial charge in [0.2, 0.25) is 0 Å². The second-order valence-corrected chi connectivity index (χ2v) is 6.18. The van der Waals surface area contributed by atoms with Gasteiger partial charge in [0, 0.05) is 11.1 Å². The molecular formula is C12H17N3O3S. The zero-order chi connectivity index (χ0) is 13.9. The Labute approximate surface area is 115 Å². The summed E-state index contributed by atoms with van der Waals surface area (Å²) in [5.41, 5.74) is -0.556. The molecule has 1 aliphatic rings. The van der Waals surface area contributed by atoms with Crippen molar-refractivity contribution in [3.63, 3.8) is 0 Å². The highest BCUT2D eigenvalue weighted by Crippen LogP contribution is 2.34. The third-order valence-corrected chi connectivity index (χ3v) is 4.18. The topological polar surface area (TPSA) is 91.3 Å². The number of carboxylic acids is 1. The van der Waals surface area contributed by atoms with E-state index in [1.165, 1.54) is 11.3 Å². The van der Waals surface area contributed by atoms with Gasteiger partial charge in [-0.1, -0.05) is 0 Å². The lowest BCUT2D eigenvalue weighted by molar-refractivity contribution is -0.139. The van der Waals surface area contributed by atoms with Gasteiger partial charge in [-0.05, 0) is 26.2 Å². The van der Waals surface area contributed by atoms with Crippen LogP contribution in [0.2, 0.25) is 0 Å². The van der Waals surface area contributed by atoms with Crippen LogP contribution >= 0.6 is 11.3 Å². The first-order chi connectivity index (χ1) is 8.99. The maximum atomic E-state index is 11.8. The van der Waals surface area contributed by atoms with Crippen LogP contribution in [0.1, 0.15) is 35.6 Å². The smallest absolute Gasteiger partial charge is 0.315 e. The van der Waals surface area contributed by atoms with Gasteiger partial charge in [0.1, 0.15) is 0 Å². The Morgan fingerprint density at radius 3 is 2.74 bits per heavy atom. The van der Waals surface area contributed by atoms with Gasteiger partial charge in [-0.15, -0.1) is 11.3 Å². The molecule has 0 atom stereocenters. The molecule has 0 saturated heterocycles. The van der Waals surface area contributed by atoms with Gasteiger partial charge >= 0.3 is 12.0 Å². The third kappa shape index (κ3) is 3.66. The molecule has 3 N–H and O–H groups in total. The number of aliphatic carboxylic acids is 1. The number of carbonyl (C=O) groups is 2. The highest BCUT2D eigenvalue weighted by molar-refractivity contribution is 7.11. The zero-order valence-corrected chi connectivity index (χ0v) is 11.5. The second kappa shape index (κ2) is 5.56. The molecule has 0 unspecified atom stereocenters. The number of rotatable bonds is 5. The van der Waals surface area contributed by atoms with E-state index in [0.29, 0.717) is 6.54 Å². The summed E-state index contributed by atoms with van der Waals surface area (Å²) in [7, 11) is 0. The Bertz CT molecular complexity index is 482. The van der Waals surface area contributed by atoms with Crippen molar-refractivity contribution in [2.45, 2.75) is 44.7 Å². The van der Waals surface area contributed by atoms with Gasteiger partial charge in [-0.2, -0.15) is 0 Å². The standard InChI is InChI=1S/C12H17N3O3S/c1-8-13-6-9(19-8)7-14-11(18)15-12(3-2-4-12)5-10(16)17/h6H,2-5,7H2,1H3,(H,16,17)(H2,14,15,18). The van der Waals surface area contributed by atoms with E-state index in [1.807, 2.05) is 6.92 Å². The van der Waals surface area contributed by atoms with Crippen molar-refractivity contribution in [2.75, 3.05) is 0 Å². The molecule has 0 bridgehead atoms. The Kier molecular flexibility index (Phi) is 4.04. The molecule has 0 aromatic carbocycles. The van der Waals surface area contributed by atoms with E-state index in [-0.39, 0.29) is 12.5 Å². The monoisotopic (exact) mass is 283 g/mol. The number of amides is 2. The summed E-state index contributed by atoms with van der Waals surface area (Å²) in [5.74, 6) is -0.877. The lowest BCUT2D eigenvalue weighted by Crippen LogP contribution is -2.57. The Morgan fingerprint density at radius 1 is 1.53 bits per heavy atom. The number of aromatic nitrogens is 1. The number of carboxylic acid groups (broad SMARTS) is 1. The molecule has 7 heteroatoms. The molecule has 1 aromatic heterocycles. The third-order valence-electron chi connectivity index (χ3n) is 3.27. The minimum absolute atomic E-state index is 0.0138. The highest BCUT2D eigenvalue weighted by Gasteiger charge is 2.40. The molecule has 1 heterocycles. The number of thiazole rings is 1. The molecule has 1 fully saturated rings. The quantitative estimate of drug-likeness (QED) is 0.766. The number of aryl methyl sites for hydroxylation is 1. The molecule has 6 nitrogen and oxygen atoms in total. The summed E-state index contributed by atoms with van der Waals surface area (Å²) in [4.78, 5) is 27.7. The van der Waals surface area contributed by atoms with E-state index in [4.69, 9.17) is 5.11 Å². The minimum atomic E-state index is -0.877. The van der Waals surface area contributed by atoms with E-state index >= 15 is 0 Å². The zero-order valence-electron chi connectivity index (χ0n) is 10.7. The summed E-state index contributed by atoms with van der Waals surface area (Å²) in [5, 5.41) is 15.3.